The lowest BCUT2D eigenvalue weighted by Gasteiger charge is -2.12. The van der Waals surface area contributed by atoms with E-state index in [2.05, 4.69) is 25.6 Å². The van der Waals surface area contributed by atoms with Crippen molar-refractivity contribution in [3.8, 4) is 11.5 Å². The zero-order valence-corrected chi connectivity index (χ0v) is 23.0. The summed E-state index contributed by atoms with van der Waals surface area (Å²) in [5.74, 6) is 0.195. The van der Waals surface area contributed by atoms with Crippen LogP contribution in [0.5, 0.6) is 11.5 Å². The largest absolute Gasteiger partial charge is 0.457 e. The molecule has 0 spiro atoms. The van der Waals surface area contributed by atoms with Crippen LogP contribution in [0.15, 0.2) is 73.2 Å². The molecule has 3 aromatic heterocycles. The van der Waals surface area contributed by atoms with E-state index >= 15 is 0 Å². The molecular formula is C28H24F6N6O4. The number of rotatable bonds is 6. The molecule has 0 aliphatic carbocycles. The van der Waals surface area contributed by atoms with Crippen LogP contribution in [-0.4, -0.2) is 34.0 Å². The van der Waals surface area contributed by atoms with Gasteiger partial charge in [0.25, 0.3) is 5.91 Å². The van der Waals surface area contributed by atoms with Crippen molar-refractivity contribution in [1.29, 1.82) is 0 Å². The Bertz CT molecular complexity index is 1610. The number of pyridine rings is 3. The molecule has 4 N–H and O–H groups in total. The molecule has 4 aromatic rings. The van der Waals surface area contributed by atoms with E-state index in [1.54, 1.807) is 31.2 Å². The van der Waals surface area contributed by atoms with E-state index in [9.17, 15) is 35.9 Å². The second-order valence-corrected chi connectivity index (χ2v) is 8.75. The van der Waals surface area contributed by atoms with E-state index in [1.807, 2.05) is 0 Å². The standard InChI is InChI=1S/C22H19F3N4O4.C6H5F3N2/c1-13-9-14(3-4-18(13)33-16-6-8-27-17(11-16)20(30)26-2)12-32-21(31)29-19-10-15(5-7-28-19)22(23,24)25;7-6(8,9)4-1-2-11-5(10)3-4/h3-11H,12H2,1-2H3,(H,26,30)(H,28,29,31);1-3H,(H2,10,11). The number of aryl methyl sites for hydroxylation is 1. The number of alkyl halides is 6. The van der Waals surface area contributed by atoms with Gasteiger partial charge in [0.2, 0.25) is 0 Å². The van der Waals surface area contributed by atoms with Crippen LogP contribution in [0.2, 0.25) is 0 Å². The SMILES string of the molecule is CNC(=O)c1cc(Oc2ccc(COC(=O)Nc3cc(C(F)(F)F)ccn3)cc2C)ccn1.Nc1cc(C(F)(F)F)ccn1. The Balaban J connectivity index is 0.000000404. The molecule has 232 valence electrons. The van der Waals surface area contributed by atoms with Gasteiger partial charge in [-0.3, -0.25) is 15.1 Å². The van der Waals surface area contributed by atoms with Crippen molar-refractivity contribution in [1.82, 2.24) is 20.3 Å². The van der Waals surface area contributed by atoms with Crippen LogP contribution in [0.4, 0.5) is 42.8 Å². The molecule has 16 heteroatoms. The number of carbonyl (C=O) groups excluding carboxylic acids is 2. The fourth-order valence-electron chi connectivity index (χ4n) is 3.36. The molecule has 3 heterocycles. The van der Waals surface area contributed by atoms with Gasteiger partial charge >= 0.3 is 18.4 Å². The summed E-state index contributed by atoms with van der Waals surface area (Å²) in [6.07, 6.45) is -6.41. The molecule has 0 atom stereocenters. The molecule has 1 aromatic carbocycles. The summed E-state index contributed by atoms with van der Waals surface area (Å²) < 4.78 is 84.8. The lowest BCUT2D eigenvalue weighted by Crippen LogP contribution is -2.18. The maximum Gasteiger partial charge on any atom is 0.416 e. The van der Waals surface area contributed by atoms with Crippen LogP contribution in [0, 0.1) is 6.92 Å². The number of nitrogen functional groups attached to an aromatic ring is 1. The minimum absolute atomic E-state index is 0.123. The van der Waals surface area contributed by atoms with Crippen molar-refractivity contribution in [3.05, 3.63) is 101 Å². The first-order valence-electron chi connectivity index (χ1n) is 12.4. The topological polar surface area (TPSA) is 141 Å². The summed E-state index contributed by atoms with van der Waals surface area (Å²) in [5.41, 5.74) is 4.91. The normalized spacial score (nSPS) is 11.1. The number of nitrogens with one attached hydrogen (secondary N) is 2. The molecule has 44 heavy (non-hydrogen) atoms. The van der Waals surface area contributed by atoms with Gasteiger partial charge in [0, 0.05) is 31.7 Å². The number of hydrogen-bond donors (Lipinski definition) is 3. The summed E-state index contributed by atoms with van der Waals surface area (Å²) in [4.78, 5) is 34.7. The fraction of sp³-hybridized carbons (Fsp3) is 0.179. The molecule has 0 unspecified atom stereocenters. The molecule has 2 amide bonds. The Hall–Kier alpha value is -5.41. The van der Waals surface area contributed by atoms with Crippen LogP contribution in [0.25, 0.3) is 0 Å². The third-order valence-corrected chi connectivity index (χ3v) is 5.45. The number of hydrogen-bond acceptors (Lipinski definition) is 8. The van der Waals surface area contributed by atoms with Crippen LogP contribution in [0.3, 0.4) is 0 Å². The van der Waals surface area contributed by atoms with E-state index in [0.29, 0.717) is 23.1 Å². The number of halogens is 6. The van der Waals surface area contributed by atoms with Gasteiger partial charge < -0.3 is 20.5 Å². The smallest absolute Gasteiger partial charge is 0.416 e. The van der Waals surface area contributed by atoms with Crippen molar-refractivity contribution in [3.63, 3.8) is 0 Å². The summed E-state index contributed by atoms with van der Waals surface area (Å²) in [6, 6.07) is 11.3. The minimum Gasteiger partial charge on any atom is -0.457 e. The Morgan fingerprint density at radius 2 is 1.48 bits per heavy atom. The van der Waals surface area contributed by atoms with Crippen LogP contribution >= 0.6 is 0 Å². The zero-order valence-electron chi connectivity index (χ0n) is 23.0. The molecule has 0 saturated heterocycles. The molecule has 4 rings (SSSR count). The molecular weight excluding hydrogens is 598 g/mol. The monoisotopic (exact) mass is 622 g/mol. The van der Waals surface area contributed by atoms with Gasteiger partial charge in [0.1, 0.15) is 35.4 Å². The van der Waals surface area contributed by atoms with Crippen LogP contribution < -0.4 is 21.1 Å². The molecule has 0 radical (unpaired) electrons. The zero-order chi connectivity index (χ0) is 32.5. The quantitative estimate of drug-likeness (QED) is 0.210. The predicted molar refractivity (Wildman–Crippen MR) is 146 cm³/mol. The highest BCUT2D eigenvalue weighted by Crippen LogP contribution is 2.31. The third-order valence-electron chi connectivity index (χ3n) is 5.45. The molecule has 0 aliphatic heterocycles. The highest BCUT2D eigenvalue weighted by molar-refractivity contribution is 5.92. The summed E-state index contributed by atoms with van der Waals surface area (Å²) >= 11 is 0. The van der Waals surface area contributed by atoms with Crippen molar-refractivity contribution in [2.75, 3.05) is 18.1 Å². The first-order chi connectivity index (χ1) is 20.7. The van der Waals surface area contributed by atoms with Crippen molar-refractivity contribution in [2.45, 2.75) is 25.9 Å². The number of ether oxygens (including phenoxy) is 2. The molecule has 0 bridgehead atoms. The average Bonchev–Trinajstić information content (AvgIpc) is 2.97. The highest BCUT2D eigenvalue weighted by atomic mass is 19.4. The maximum absolute atomic E-state index is 12.8. The van der Waals surface area contributed by atoms with E-state index in [4.69, 9.17) is 15.2 Å². The van der Waals surface area contributed by atoms with Gasteiger partial charge in [-0.1, -0.05) is 6.07 Å². The van der Waals surface area contributed by atoms with Gasteiger partial charge in [0.15, 0.2) is 0 Å². The lowest BCUT2D eigenvalue weighted by molar-refractivity contribution is -0.138. The van der Waals surface area contributed by atoms with Gasteiger partial charge in [-0.2, -0.15) is 26.3 Å². The van der Waals surface area contributed by atoms with E-state index in [-0.39, 0.29) is 29.8 Å². The molecule has 0 aliphatic rings. The molecule has 0 fully saturated rings. The minimum atomic E-state index is -4.55. The Morgan fingerprint density at radius 1 is 0.841 bits per heavy atom. The average molecular weight is 623 g/mol. The number of anilines is 2. The number of nitrogens with two attached hydrogens (primary N) is 1. The molecule has 0 saturated carbocycles. The predicted octanol–water partition coefficient (Wildman–Crippen LogP) is 6.39. The van der Waals surface area contributed by atoms with Gasteiger partial charge in [-0.25, -0.2) is 14.8 Å². The number of carbonyl (C=O) groups is 2. The Morgan fingerprint density at radius 3 is 2.07 bits per heavy atom. The second-order valence-electron chi connectivity index (χ2n) is 8.75. The Labute approximate surface area is 246 Å². The van der Waals surface area contributed by atoms with Crippen LogP contribution in [0.1, 0.15) is 32.7 Å². The number of amides is 2. The van der Waals surface area contributed by atoms with Crippen molar-refractivity contribution < 1.29 is 45.4 Å². The highest BCUT2D eigenvalue weighted by Gasteiger charge is 2.31. The van der Waals surface area contributed by atoms with Gasteiger partial charge in [0.05, 0.1) is 11.1 Å². The summed E-state index contributed by atoms with van der Waals surface area (Å²) in [6.45, 7) is 1.66. The molecule has 10 nitrogen and oxygen atoms in total. The lowest BCUT2D eigenvalue weighted by atomic mass is 10.1. The van der Waals surface area contributed by atoms with Crippen LogP contribution in [-0.2, 0) is 23.7 Å². The number of nitrogens with zero attached hydrogens (tertiary/aromatic N) is 3. The summed E-state index contributed by atoms with van der Waals surface area (Å²) in [7, 11) is 1.50. The van der Waals surface area contributed by atoms with Crippen molar-refractivity contribution in [2.24, 2.45) is 0 Å². The third kappa shape index (κ3) is 9.85. The Kier molecular flexibility index (Phi) is 10.7. The van der Waals surface area contributed by atoms with Gasteiger partial charge in [-0.05, 0) is 60.5 Å². The first kappa shape index (κ1) is 33.1. The second kappa shape index (κ2) is 14.2. The van der Waals surface area contributed by atoms with E-state index in [0.717, 1.165) is 36.2 Å². The number of aromatic nitrogens is 3. The fourth-order valence-corrected chi connectivity index (χ4v) is 3.36. The van der Waals surface area contributed by atoms with Crippen molar-refractivity contribution >= 4 is 23.6 Å². The summed E-state index contributed by atoms with van der Waals surface area (Å²) in [5, 5.41) is 4.65. The maximum atomic E-state index is 12.8. The van der Waals surface area contributed by atoms with E-state index < -0.39 is 29.6 Å². The number of benzene rings is 1. The first-order valence-corrected chi connectivity index (χ1v) is 12.4. The van der Waals surface area contributed by atoms with E-state index in [1.165, 1.54) is 19.3 Å². The van der Waals surface area contributed by atoms with Gasteiger partial charge in [-0.15, -0.1) is 0 Å².